The summed E-state index contributed by atoms with van der Waals surface area (Å²) in [6.45, 7) is 8.45. The van der Waals surface area contributed by atoms with Crippen molar-refractivity contribution in [2.75, 3.05) is 13.2 Å². The van der Waals surface area contributed by atoms with Gasteiger partial charge in [0.1, 0.15) is 6.61 Å². The Morgan fingerprint density at radius 3 is 2.20 bits per heavy atom. The van der Waals surface area contributed by atoms with E-state index in [0.717, 1.165) is 35.7 Å². The standard InChI is InChI=1S/C26H36F2O2/c1-4-19-9-11-22-16-20(10-12-21(22)15-19)8-6-7-18(3)17-30-24-14-13-23(29-5-2)25(27)26(24)28/h6-7,13-14,19-22H,3-5,8-12,15-17H2,1-2H3/b7-6-. The number of rotatable bonds is 9. The van der Waals surface area contributed by atoms with Crippen molar-refractivity contribution in [3.05, 3.63) is 48.1 Å². The van der Waals surface area contributed by atoms with Crippen molar-refractivity contribution >= 4 is 0 Å². The summed E-state index contributed by atoms with van der Waals surface area (Å²) in [4.78, 5) is 0. The molecule has 2 fully saturated rings. The van der Waals surface area contributed by atoms with E-state index in [4.69, 9.17) is 9.47 Å². The van der Waals surface area contributed by atoms with Crippen LogP contribution in [-0.4, -0.2) is 13.2 Å². The van der Waals surface area contributed by atoms with Gasteiger partial charge in [-0.1, -0.05) is 38.5 Å². The lowest BCUT2D eigenvalue weighted by molar-refractivity contribution is 0.0976. The number of hydrogen-bond acceptors (Lipinski definition) is 2. The minimum Gasteiger partial charge on any atom is -0.491 e. The maximum absolute atomic E-state index is 14.1. The van der Waals surface area contributed by atoms with E-state index in [9.17, 15) is 8.78 Å². The normalized spacial score (nSPS) is 26.4. The minimum absolute atomic E-state index is 0.0982. The highest BCUT2D eigenvalue weighted by molar-refractivity contribution is 5.35. The Balaban J connectivity index is 1.42. The Hall–Kier alpha value is -1.84. The smallest absolute Gasteiger partial charge is 0.204 e. The van der Waals surface area contributed by atoms with Crippen LogP contribution in [0.3, 0.4) is 0 Å². The molecule has 2 aliphatic carbocycles. The fourth-order valence-corrected chi connectivity index (χ4v) is 5.21. The van der Waals surface area contributed by atoms with Gasteiger partial charge in [-0.2, -0.15) is 8.78 Å². The van der Waals surface area contributed by atoms with Crippen molar-refractivity contribution in [2.45, 2.75) is 65.2 Å². The SMILES string of the molecule is C=C(/C=C\CC1CCC2CC(CC)CCC2C1)COc1ccc(OCC)c(F)c1F. The van der Waals surface area contributed by atoms with Crippen LogP contribution in [0.1, 0.15) is 65.2 Å². The highest BCUT2D eigenvalue weighted by Crippen LogP contribution is 2.46. The molecule has 166 valence electrons. The van der Waals surface area contributed by atoms with Crippen molar-refractivity contribution < 1.29 is 18.3 Å². The van der Waals surface area contributed by atoms with Crippen molar-refractivity contribution in [1.29, 1.82) is 0 Å². The third-order valence-corrected chi connectivity index (χ3v) is 6.95. The molecule has 2 nitrogen and oxygen atoms in total. The molecule has 0 radical (unpaired) electrons. The first kappa shape index (κ1) is 22.8. The molecule has 1 aromatic rings. The Labute approximate surface area is 180 Å². The van der Waals surface area contributed by atoms with E-state index in [1.54, 1.807) is 6.92 Å². The Bertz CT molecular complexity index is 743. The lowest BCUT2D eigenvalue weighted by Crippen LogP contribution is -2.30. The topological polar surface area (TPSA) is 18.5 Å². The lowest BCUT2D eigenvalue weighted by atomic mass is 9.64. The first-order valence-electron chi connectivity index (χ1n) is 11.6. The molecule has 3 rings (SSSR count). The van der Waals surface area contributed by atoms with E-state index < -0.39 is 11.6 Å². The van der Waals surface area contributed by atoms with E-state index in [1.807, 2.05) is 6.08 Å². The van der Waals surface area contributed by atoms with Gasteiger partial charge >= 0.3 is 0 Å². The van der Waals surface area contributed by atoms with Gasteiger partial charge < -0.3 is 9.47 Å². The predicted octanol–water partition coefficient (Wildman–Crippen LogP) is 7.49. The zero-order chi connectivity index (χ0) is 21.5. The number of ether oxygens (including phenoxy) is 2. The molecule has 2 saturated carbocycles. The summed E-state index contributed by atoms with van der Waals surface area (Å²) in [6, 6.07) is 2.78. The molecule has 0 aromatic heterocycles. The molecule has 0 heterocycles. The summed E-state index contributed by atoms with van der Waals surface area (Å²) < 4.78 is 38.5. The lowest BCUT2D eigenvalue weighted by Gasteiger charge is -2.42. The fraction of sp³-hybridized carbons (Fsp3) is 0.615. The summed E-state index contributed by atoms with van der Waals surface area (Å²) >= 11 is 0. The zero-order valence-corrected chi connectivity index (χ0v) is 18.5. The Morgan fingerprint density at radius 2 is 1.57 bits per heavy atom. The van der Waals surface area contributed by atoms with Gasteiger partial charge in [0.05, 0.1) is 6.61 Å². The van der Waals surface area contributed by atoms with Crippen LogP contribution >= 0.6 is 0 Å². The molecule has 4 atom stereocenters. The van der Waals surface area contributed by atoms with Gasteiger partial charge in [0.2, 0.25) is 11.6 Å². The van der Waals surface area contributed by atoms with Crippen LogP contribution in [0.5, 0.6) is 11.5 Å². The Morgan fingerprint density at radius 1 is 0.967 bits per heavy atom. The van der Waals surface area contributed by atoms with Crippen LogP contribution in [0.2, 0.25) is 0 Å². The van der Waals surface area contributed by atoms with E-state index in [1.165, 1.54) is 57.1 Å². The average molecular weight is 419 g/mol. The number of halogens is 2. The van der Waals surface area contributed by atoms with Crippen LogP contribution < -0.4 is 9.47 Å². The molecular formula is C26H36F2O2. The minimum atomic E-state index is -1.02. The monoisotopic (exact) mass is 418 g/mol. The van der Waals surface area contributed by atoms with Gasteiger partial charge in [-0.05, 0) is 86.8 Å². The summed E-state index contributed by atoms with van der Waals surface area (Å²) in [5.74, 6) is 1.34. The summed E-state index contributed by atoms with van der Waals surface area (Å²) in [7, 11) is 0. The van der Waals surface area contributed by atoms with Crippen molar-refractivity contribution in [2.24, 2.45) is 23.7 Å². The first-order chi connectivity index (χ1) is 14.5. The van der Waals surface area contributed by atoms with E-state index in [0.29, 0.717) is 0 Å². The molecule has 0 aliphatic heterocycles. The molecule has 4 unspecified atom stereocenters. The third kappa shape index (κ3) is 5.86. The van der Waals surface area contributed by atoms with Crippen LogP contribution in [0.25, 0.3) is 0 Å². The van der Waals surface area contributed by atoms with Crippen LogP contribution in [0.4, 0.5) is 8.78 Å². The molecule has 0 amide bonds. The van der Waals surface area contributed by atoms with Crippen LogP contribution in [0.15, 0.2) is 36.4 Å². The van der Waals surface area contributed by atoms with E-state index >= 15 is 0 Å². The van der Waals surface area contributed by atoms with Crippen LogP contribution in [-0.2, 0) is 0 Å². The molecular weight excluding hydrogens is 382 g/mol. The molecule has 30 heavy (non-hydrogen) atoms. The highest BCUT2D eigenvalue weighted by atomic mass is 19.2. The highest BCUT2D eigenvalue weighted by Gasteiger charge is 2.34. The largest absolute Gasteiger partial charge is 0.491 e. The molecule has 2 aliphatic rings. The molecule has 0 saturated heterocycles. The van der Waals surface area contributed by atoms with Gasteiger partial charge in [-0.3, -0.25) is 0 Å². The van der Waals surface area contributed by atoms with Gasteiger partial charge in [0.25, 0.3) is 0 Å². The number of hydrogen-bond donors (Lipinski definition) is 0. The maximum atomic E-state index is 14.1. The average Bonchev–Trinajstić information content (AvgIpc) is 2.76. The Kier molecular flexibility index (Phi) is 8.35. The second kappa shape index (κ2) is 11.0. The van der Waals surface area contributed by atoms with Gasteiger partial charge in [0, 0.05) is 0 Å². The number of allylic oxidation sites excluding steroid dienone is 1. The van der Waals surface area contributed by atoms with Gasteiger partial charge in [-0.25, -0.2) is 0 Å². The van der Waals surface area contributed by atoms with E-state index in [2.05, 4.69) is 19.6 Å². The molecule has 0 N–H and O–H groups in total. The van der Waals surface area contributed by atoms with Crippen molar-refractivity contribution in [3.8, 4) is 11.5 Å². The van der Waals surface area contributed by atoms with Gasteiger partial charge in [0.15, 0.2) is 11.5 Å². The van der Waals surface area contributed by atoms with Crippen molar-refractivity contribution in [3.63, 3.8) is 0 Å². The van der Waals surface area contributed by atoms with Crippen molar-refractivity contribution in [1.82, 2.24) is 0 Å². The second-order valence-corrected chi connectivity index (χ2v) is 8.99. The van der Waals surface area contributed by atoms with Gasteiger partial charge in [-0.15, -0.1) is 0 Å². The van der Waals surface area contributed by atoms with E-state index in [-0.39, 0.29) is 24.7 Å². The molecule has 4 heteroatoms. The summed E-state index contributed by atoms with van der Waals surface area (Å²) in [5, 5.41) is 0. The zero-order valence-electron chi connectivity index (χ0n) is 18.5. The number of benzene rings is 1. The quantitative estimate of drug-likeness (QED) is 0.387. The molecule has 0 bridgehead atoms. The second-order valence-electron chi connectivity index (χ2n) is 8.99. The third-order valence-electron chi connectivity index (χ3n) is 6.95. The number of fused-ring (bicyclic) bond motifs is 1. The summed E-state index contributed by atoms with van der Waals surface area (Å²) in [5.41, 5.74) is 0.751. The maximum Gasteiger partial charge on any atom is 0.204 e. The predicted molar refractivity (Wildman–Crippen MR) is 118 cm³/mol. The molecule has 1 aromatic carbocycles. The molecule has 0 spiro atoms. The fourth-order valence-electron chi connectivity index (χ4n) is 5.21. The summed E-state index contributed by atoms with van der Waals surface area (Å²) in [6.07, 6.45) is 14.9. The van der Waals surface area contributed by atoms with Crippen LogP contribution in [0, 0.1) is 35.3 Å². The first-order valence-corrected chi connectivity index (χ1v) is 11.6.